The summed E-state index contributed by atoms with van der Waals surface area (Å²) in [5.74, 6) is 0. The third kappa shape index (κ3) is 21.2. The van der Waals surface area contributed by atoms with Gasteiger partial charge in [-0.3, -0.25) is 0 Å². The van der Waals surface area contributed by atoms with Gasteiger partial charge in [0.25, 0.3) is 0 Å². The number of anilines is 3. The van der Waals surface area contributed by atoms with E-state index >= 15 is 0 Å². The topological polar surface area (TPSA) is 206 Å². The molecule has 0 aliphatic rings. The number of carbonyl (C=O) groups is 3. The number of hydrogen-bond donors (Lipinski definition) is 6. The van der Waals surface area contributed by atoms with Gasteiger partial charge in [-0.05, 0) is 99.8 Å². The molecular formula is C36H72N6O12Si3. The van der Waals surface area contributed by atoms with Crippen molar-refractivity contribution in [1.29, 1.82) is 0 Å². The van der Waals surface area contributed by atoms with Gasteiger partial charge in [-0.25, -0.2) is 14.4 Å². The summed E-state index contributed by atoms with van der Waals surface area (Å²) in [7, 11) is -8.56. The Hall–Kier alpha value is -2.68. The molecule has 0 atom stereocenters. The Morgan fingerprint density at radius 1 is 0.386 bits per heavy atom. The summed E-state index contributed by atoms with van der Waals surface area (Å²) < 4.78 is 53.2. The molecular weight excluding hydrogens is 793 g/mol. The summed E-state index contributed by atoms with van der Waals surface area (Å²) in [4.78, 5) is 39.0. The molecule has 0 fully saturated rings. The zero-order valence-electron chi connectivity index (χ0n) is 35.9. The molecule has 0 radical (unpaired) electrons. The fourth-order valence-electron chi connectivity index (χ4n) is 5.89. The van der Waals surface area contributed by atoms with Crippen molar-refractivity contribution < 1.29 is 54.2 Å². The normalized spacial score (nSPS) is 11.9. The molecule has 0 saturated carbocycles. The van der Waals surface area contributed by atoms with Crippen LogP contribution in [0, 0.1) is 0 Å². The minimum Gasteiger partial charge on any atom is -0.374 e. The van der Waals surface area contributed by atoms with Crippen LogP contribution in [-0.4, -0.2) is 124 Å². The molecule has 21 heteroatoms. The highest BCUT2D eigenvalue weighted by Gasteiger charge is 2.41. The summed E-state index contributed by atoms with van der Waals surface area (Å²) in [5.41, 5.74) is 1.01. The Bertz CT molecular complexity index is 1060. The van der Waals surface area contributed by atoms with Gasteiger partial charge in [0.2, 0.25) is 0 Å². The molecule has 0 spiro atoms. The van der Waals surface area contributed by atoms with Crippen LogP contribution in [0.15, 0.2) is 18.2 Å². The highest BCUT2D eigenvalue weighted by atomic mass is 28.4. The molecule has 6 amide bonds. The number of hydrogen-bond acceptors (Lipinski definition) is 12. The molecule has 0 aliphatic heterocycles. The van der Waals surface area contributed by atoms with Crippen LogP contribution < -0.4 is 31.9 Å². The van der Waals surface area contributed by atoms with Gasteiger partial charge in [-0.2, -0.15) is 0 Å². The number of benzene rings is 1. The van der Waals surface area contributed by atoms with E-state index < -0.39 is 44.5 Å². The fourth-order valence-corrected chi connectivity index (χ4v) is 13.7. The van der Waals surface area contributed by atoms with E-state index in [1.54, 1.807) is 18.2 Å². The lowest BCUT2D eigenvalue weighted by Gasteiger charge is -2.28. The van der Waals surface area contributed by atoms with Crippen LogP contribution in [0.3, 0.4) is 0 Å². The summed E-state index contributed by atoms with van der Waals surface area (Å²) in [6.07, 6.45) is 1.71. The lowest BCUT2D eigenvalue weighted by molar-refractivity contribution is 0.0701. The summed E-state index contributed by atoms with van der Waals surface area (Å²) >= 11 is 0. The van der Waals surface area contributed by atoms with Gasteiger partial charge in [-0.1, -0.05) is 0 Å². The van der Waals surface area contributed by atoms with Crippen LogP contribution >= 0.6 is 0 Å². The van der Waals surface area contributed by atoms with Crippen LogP contribution in [0.4, 0.5) is 31.4 Å². The minimum atomic E-state index is -2.85. The van der Waals surface area contributed by atoms with Gasteiger partial charge in [0.1, 0.15) is 0 Å². The van der Waals surface area contributed by atoms with E-state index in [2.05, 4.69) is 31.9 Å². The zero-order chi connectivity index (χ0) is 42.4. The standard InChI is InChI=1S/C36H72N6O12Si3/c1-10-46-55(47-11-2,48-12-3)25-19-22-37-34(43)40-31-28-32(41-35(44)38-23-20-26-56(49-13-4,50-14-5)51-15-6)30-33(29-31)42-36(45)39-24-21-27-57(52-16-7,53-17-8)54-18-9/h28-30H,10-27H2,1-9H3,(H2,37,40,43)(H2,38,41,44)(H2,39,42,45). The molecule has 0 unspecified atom stereocenters. The van der Waals surface area contributed by atoms with Crippen LogP contribution in [0.2, 0.25) is 18.1 Å². The molecule has 330 valence electrons. The first-order valence-electron chi connectivity index (χ1n) is 20.5. The summed E-state index contributed by atoms with van der Waals surface area (Å²) in [5, 5.41) is 17.0. The Balaban J connectivity index is 3.03. The molecule has 0 saturated heterocycles. The van der Waals surface area contributed by atoms with E-state index in [0.29, 0.717) is 134 Å². The third-order valence-corrected chi connectivity index (χ3v) is 17.3. The van der Waals surface area contributed by atoms with Gasteiger partial charge in [-0.15, -0.1) is 0 Å². The number of nitrogens with one attached hydrogen (secondary N) is 6. The van der Waals surface area contributed by atoms with E-state index in [9.17, 15) is 14.4 Å². The Labute approximate surface area is 343 Å². The van der Waals surface area contributed by atoms with Crippen LogP contribution in [0.25, 0.3) is 0 Å². The number of rotatable bonds is 33. The molecule has 0 aromatic heterocycles. The zero-order valence-corrected chi connectivity index (χ0v) is 38.9. The Morgan fingerprint density at radius 3 is 0.754 bits per heavy atom. The lowest BCUT2D eigenvalue weighted by atomic mass is 10.2. The highest BCUT2D eigenvalue weighted by molar-refractivity contribution is 6.61. The first-order valence-corrected chi connectivity index (χ1v) is 26.3. The van der Waals surface area contributed by atoms with Crippen molar-refractivity contribution in [3.63, 3.8) is 0 Å². The third-order valence-electron chi connectivity index (χ3n) is 7.82. The van der Waals surface area contributed by atoms with Gasteiger partial charge in [0.15, 0.2) is 0 Å². The van der Waals surface area contributed by atoms with Crippen molar-refractivity contribution in [3.05, 3.63) is 18.2 Å². The highest BCUT2D eigenvalue weighted by Crippen LogP contribution is 2.24. The minimum absolute atomic E-state index is 0.335. The average molecular weight is 865 g/mol. The molecule has 57 heavy (non-hydrogen) atoms. The first-order chi connectivity index (χ1) is 27.5. The van der Waals surface area contributed by atoms with E-state index in [-0.39, 0.29) is 0 Å². The second-order valence-electron chi connectivity index (χ2n) is 12.2. The second-order valence-corrected chi connectivity index (χ2v) is 20.4. The van der Waals surface area contributed by atoms with Gasteiger partial charge in [0.05, 0.1) is 0 Å². The maximum absolute atomic E-state index is 13.0. The average Bonchev–Trinajstić information content (AvgIpc) is 3.15. The molecule has 0 heterocycles. The van der Waals surface area contributed by atoms with Crippen LogP contribution in [0.5, 0.6) is 0 Å². The van der Waals surface area contributed by atoms with Gasteiger partial charge < -0.3 is 71.7 Å². The van der Waals surface area contributed by atoms with E-state index in [1.165, 1.54) is 0 Å². The number of urea groups is 3. The van der Waals surface area contributed by atoms with Crippen LogP contribution in [-0.2, 0) is 39.8 Å². The predicted molar refractivity (Wildman–Crippen MR) is 228 cm³/mol. The summed E-state index contributed by atoms with van der Waals surface area (Å²) in [6.45, 7) is 22.3. The van der Waals surface area contributed by atoms with Crippen molar-refractivity contribution >= 4 is 61.6 Å². The molecule has 1 rings (SSSR count). The van der Waals surface area contributed by atoms with E-state index in [0.717, 1.165) is 0 Å². The molecule has 6 N–H and O–H groups in total. The molecule has 0 bridgehead atoms. The van der Waals surface area contributed by atoms with Gasteiger partial charge >= 0.3 is 44.5 Å². The van der Waals surface area contributed by atoms with Gasteiger partial charge in [0, 0.05) is 114 Å². The van der Waals surface area contributed by atoms with Crippen molar-refractivity contribution in [2.75, 3.05) is 95.0 Å². The first kappa shape index (κ1) is 52.3. The van der Waals surface area contributed by atoms with Crippen molar-refractivity contribution in [3.8, 4) is 0 Å². The smallest absolute Gasteiger partial charge is 0.374 e. The molecule has 18 nitrogen and oxygen atoms in total. The van der Waals surface area contributed by atoms with E-state index in [1.807, 2.05) is 62.3 Å². The number of carbonyl (C=O) groups excluding carboxylic acids is 3. The monoisotopic (exact) mass is 864 g/mol. The Morgan fingerprint density at radius 2 is 0.579 bits per heavy atom. The number of amides is 6. The molecule has 1 aromatic rings. The largest absolute Gasteiger partial charge is 0.500 e. The SMILES string of the molecule is CCO[Si](CCCNC(=O)Nc1cc(NC(=O)NCCC[Si](OCC)(OCC)OCC)cc(NC(=O)NCCC[Si](OCC)(OCC)OCC)c1)(OCC)OCC. The molecule has 0 aliphatic carbocycles. The van der Waals surface area contributed by atoms with Crippen molar-refractivity contribution in [2.45, 2.75) is 99.7 Å². The second kappa shape index (κ2) is 30.4. The predicted octanol–water partition coefficient (Wildman–Crippen LogP) is 6.37. The van der Waals surface area contributed by atoms with Crippen molar-refractivity contribution in [2.24, 2.45) is 0 Å². The Kier molecular flexibility index (Phi) is 27.9. The fraction of sp³-hybridized carbons (Fsp3) is 0.750. The van der Waals surface area contributed by atoms with Crippen molar-refractivity contribution in [1.82, 2.24) is 16.0 Å². The maximum atomic E-state index is 13.0. The summed E-state index contributed by atoms with van der Waals surface area (Å²) in [6, 6.07) is 4.98. The maximum Gasteiger partial charge on any atom is 0.500 e. The van der Waals surface area contributed by atoms with Crippen LogP contribution in [0.1, 0.15) is 81.6 Å². The van der Waals surface area contributed by atoms with E-state index in [4.69, 9.17) is 39.8 Å². The quantitative estimate of drug-likeness (QED) is 0.0337. The molecule has 1 aromatic carbocycles. The lowest BCUT2D eigenvalue weighted by Crippen LogP contribution is -2.46.